The number of para-hydroxylation sites is 1. The molecule has 0 fully saturated rings. The first-order valence-corrected chi connectivity index (χ1v) is 7.83. The first-order chi connectivity index (χ1) is 12.0. The average Bonchev–Trinajstić information content (AvgIpc) is 2.61. The van der Waals surface area contributed by atoms with Crippen LogP contribution in [0.15, 0.2) is 54.6 Å². The van der Waals surface area contributed by atoms with Crippen molar-refractivity contribution in [1.82, 2.24) is 10.2 Å². The lowest BCUT2D eigenvalue weighted by Gasteiger charge is -2.09. The summed E-state index contributed by atoms with van der Waals surface area (Å²) in [5.41, 5.74) is 1.90. The van der Waals surface area contributed by atoms with Gasteiger partial charge in [-0.25, -0.2) is 4.39 Å². The largest absolute Gasteiger partial charge is 0.336 e. The lowest BCUT2D eigenvalue weighted by atomic mass is 10.2. The zero-order valence-electron chi connectivity index (χ0n) is 13.3. The maximum atomic E-state index is 13.6. The average molecular weight is 357 g/mol. The quantitative estimate of drug-likeness (QED) is 0.718. The fourth-order valence-corrected chi connectivity index (χ4v) is 2.31. The van der Waals surface area contributed by atoms with Crippen molar-refractivity contribution in [2.45, 2.75) is 6.92 Å². The summed E-state index contributed by atoms with van der Waals surface area (Å²) in [7, 11) is 0. The molecule has 1 aromatic heterocycles. The molecule has 25 heavy (non-hydrogen) atoms. The smallest absolute Gasteiger partial charge is 0.276 e. The van der Waals surface area contributed by atoms with Crippen molar-refractivity contribution in [2.24, 2.45) is 0 Å². The third-order valence-corrected chi connectivity index (χ3v) is 3.72. The maximum absolute atomic E-state index is 13.6. The molecule has 3 rings (SSSR count). The van der Waals surface area contributed by atoms with Crippen LogP contribution in [0.2, 0.25) is 5.02 Å². The van der Waals surface area contributed by atoms with E-state index >= 15 is 0 Å². The first-order valence-electron chi connectivity index (χ1n) is 7.46. The zero-order chi connectivity index (χ0) is 17.8. The molecule has 2 N–H and O–H groups in total. The van der Waals surface area contributed by atoms with Crippen LogP contribution in [0, 0.1) is 12.7 Å². The normalized spacial score (nSPS) is 10.4. The van der Waals surface area contributed by atoms with Crippen molar-refractivity contribution < 1.29 is 9.18 Å². The standard InChI is InChI=1S/C18H14ClFN4O/c1-11-6-7-12(19)10-16(11)22-18(25)15-8-9-17(24-23-15)21-14-5-3-2-4-13(14)20/h2-10H,1H3,(H,21,24)(H,22,25). The minimum absolute atomic E-state index is 0.137. The number of rotatable bonds is 4. The van der Waals surface area contributed by atoms with Crippen LogP contribution in [0.5, 0.6) is 0 Å². The Morgan fingerprint density at radius 3 is 2.56 bits per heavy atom. The Morgan fingerprint density at radius 1 is 1.04 bits per heavy atom. The van der Waals surface area contributed by atoms with E-state index in [4.69, 9.17) is 11.6 Å². The monoisotopic (exact) mass is 356 g/mol. The number of halogens is 2. The Balaban J connectivity index is 1.72. The fourth-order valence-electron chi connectivity index (χ4n) is 2.14. The first kappa shape index (κ1) is 16.9. The van der Waals surface area contributed by atoms with Gasteiger partial charge in [0.2, 0.25) is 0 Å². The highest BCUT2D eigenvalue weighted by Gasteiger charge is 2.11. The van der Waals surface area contributed by atoms with Gasteiger partial charge in [0.05, 0.1) is 5.69 Å². The van der Waals surface area contributed by atoms with Gasteiger partial charge in [0.1, 0.15) is 5.82 Å². The van der Waals surface area contributed by atoms with Crippen LogP contribution < -0.4 is 10.6 Å². The van der Waals surface area contributed by atoms with Crippen LogP contribution in [0.4, 0.5) is 21.6 Å². The lowest BCUT2D eigenvalue weighted by molar-refractivity contribution is 0.102. The summed E-state index contributed by atoms with van der Waals surface area (Å²) in [5, 5.41) is 13.8. The van der Waals surface area contributed by atoms with Crippen molar-refractivity contribution in [1.29, 1.82) is 0 Å². The van der Waals surface area contributed by atoms with Gasteiger partial charge in [-0.3, -0.25) is 4.79 Å². The molecular weight excluding hydrogens is 343 g/mol. The number of nitrogens with zero attached hydrogens (tertiary/aromatic N) is 2. The lowest BCUT2D eigenvalue weighted by Crippen LogP contribution is -2.15. The van der Waals surface area contributed by atoms with E-state index in [2.05, 4.69) is 20.8 Å². The second-order valence-electron chi connectivity index (χ2n) is 5.32. The van der Waals surface area contributed by atoms with Crippen LogP contribution in [-0.2, 0) is 0 Å². The van der Waals surface area contributed by atoms with E-state index in [1.165, 1.54) is 12.1 Å². The molecule has 0 aliphatic carbocycles. The number of benzene rings is 2. The second kappa shape index (κ2) is 7.27. The molecule has 5 nitrogen and oxygen atoms in total. The Labute approximate surface area is 148 Å². The van der Waals surface area contributed by atoms with Gasteiger partial charge < -0.3 is 10.6 Å². The van der Waals surface area contributed by atoms with Crippen molar-refractivity contribution >= 4 is 34.7 Å². The third kappa shape index (κ3) is 4.10. The van der Waals surface area contributed by atoms with Crippen LogP contribution in [0.25, 0.3) is 0 Å². The number of hydrogen-bond acceptors (Lipinski definition) is 4. The zero-order valence-corrected chi connectivity index (χ0v) is 14.0. The van der Waals surface area contributed by atoms with Gasteiger partial charge >= 0.3 is 0 Å². The number of nitrogens with one attached hydrogen (secondary N) is 2. The molecule has 126 valence electrons. The minimum atomic E-state index is -0.407. The van der Waals surface area contributed by atoms with Gasteiger partial charge in [0, 0.05) is 10.7 Å². The maximum Gasteiger partial charge on any atom is 0.276 e. The number of aromatic nitrogens is 2. The van der Waals surface area contributed by atoms with Gasteiger partial charge in [-0.1, -0.05) is 29.8 Å². The highest BCUT2D eigenvalue weighted by Crippen LogP contribution is 2.21. The Bertz CT molecular complexity index is 915. The Kier molecular flexibility index (Phi) is 4.90. The molecule has 0 atom stereocenters. The van der Waals surface area contributed by atoms with Crippen molar-refractivity contribution in [3.8, 4) is 0 Å². The number of aryl methyl sites for hydroxylation is 1. The van der Waals surface area contributed by atoms with Crippen molar-refractivity contribution in [2.75, 3.05) is 10.6 Å². The number of carbonyl (C=O) groups excluding carboxylic acids is 1. The van der Waals surface area contributed by atoms with Gasteiger partial charge in [0.25, 0.3) is 5.91 Å². The Hall–Kier alpha value is -2.99. The van der Waals surface area contributed by atoms with Gasteiger partial charge in [-0.15, -0.1) is 10.2 Å². The molecule has 2 aromatic carbocycles. The molecule has 0 unspecified atom stereocenters. The third-order valence-electron chi connectivity index (χ3n) is 3.48. The van der Waals surface area contributed by atoms with E-state index in [0.717, 1.165) is 5.56 Å². The molecule has 0 spiro atoms. The summed E-state index contributed by atoms with van der Waals surface area (Å²) in [6.45, 7) is 1.86. The molecule has 0 aliphatic heterocycles. The predicted molar refractivity (Wildman–Crippen MR) is 95.9 cm³/mol. The topological polar surface area (TPSA) is 66.9 Å². The second-order valence-corrected chi connectivity index (χ2v) is 5.76. The molecule has 0 radical (unpaired) electrons. The van der Waals surface area contributed by atoms with Crippen LogP contribution in [0.3, 0.4) is 0 Å². The van der Waals surface area contributed by atoms with Crippen LogP contribution in [-0.4, -0.2) is 16.1 Å². The minimum Gasteiger partial charge on any atom is -0.336 e. The summed E-state index contributed by atoms with van der Waals surface area (Å²) in [6, 6.07) is 14.5. The molecule has 0 saturated heterocycles. The number of carbonyl (C=O) groups is 1. The van der Waals surface area contributed by atoms with Gasteiger partial charge in [0.15, 0.2) is 11.5 Å². The van der Waals surface area contributed by atoms with E-state index in [1.54, 1.807) is 36.4 Å². The van der Waals surface area contributed by atoms with E-state index in [9.17, 15) is 9.18 Å². The van der Waals surface area contributed by atoms with Crippen molar-refractivity contribution in [3.05, 3.63) is 76.7 Å². The number of anilines is 3. The summed E-state index contributed by atoms with van der Waals surface area (Å²) >= 11 is 5.94. The molecule has 1 heterocycles. The summed E-state index contributed by atoms with van der Waals surface area (Å²) in [6.07, 6.45) is 0. The van der Waals surface area contributed by atoms with E-state index in [-0.39, 0.29) is 11.4 Å². The number of hydrogen-bond donors (Lipinski definition) is 2. The van der Waals surface area contributed by atoms with Gasteiger partial charge in [-0.2, -0.15) is 0 Å². The highest BCUT2D eigenvalue weighted by molar-refractivity contribution is 6.31. The van der Waals surface area contributed by atoms with Crippen LogP contribution >= 0.6 is 11.6 Å². The summed E-state index contributed by atoms with van der Waals surface area (Å²) < 4.78 is 13.6. The molecule has 0 bridgehead atoms. The molecule has 0 aliphatic rings. The fraction of sp³-hybridized carbons (Fsp3) is 0.0556. The predicted octanol–water partition coefficient (Wildman–Crippen LogP) is 4.57. The summed E-state index contributed by atoms with van der Waals surface area (Å²) in [4.78, 5) is 12.3. The van der Waals surface area contributed by atoms with E-state index in [0.29, 0.717) is 16.5 Å². The highest BCUT2D eigenvalue weighted by atomic mass is 35.5. The molecule has 3 aromatic rings. The van der Waals surface area contributed by atoms with E-state index in [1.807, 2.05) is 13.0 Å². The molecule has 7 heteroatoms. The molecular formula is C18H14ClFN4O. The summed E-state index contributed by atoms with van der Waals surface area (Å²) in [5.74, 6) is -0.474. The van der Waals surface area contributed by atoms with Gasteiger partial charge in [-0.05, 0) is 48.9 Å². The number of amides is 1. The van der Waals surface area contributed by atoms with Crippen LogP contribution in [0.1, 0.15) is 16.1 Å². The van der Waals surface area contributed by atoms with Crippen molar-refractivity contribution in [3.63, 3.8) is 0 Å². The van der Waals surface area contributed by atoms with E-state index < -0.39 is 11.7 Å². The SMILES string of the molecule is Cc1ccc(Cl)cc1NC(=O)c1ccc(Nc2ccccc2F)nn1. The molecule has 1 amide bonds. The molecule has 0 saturated carbocycles. The Morgan fingerprint density at radius 2 is 1.84 bits per heavy atom.